The molecule has 4 aromatic rings. The molecule has 1 aromatic heterocycles. The second-order valence-corrected chi connectivity index (χ2v) is 7.68. The lowest BCUT2D eigenvalue weighted by atomic mass is 10.0. The zero-order valence-corrected chi connectivity index (χ0v) is 18.2. The number of carbonyl (C=O) groups is 2. The molecule has 0 aliphatic heterocycles. The average Bonchev–Trinajstić information content (AvgIpc) is 3.23. The van der Waals surface area contributed by atoms with Crippen molar-refractivity contribution in [1.29, 1.82) is 0 Å². The minimum absolute atomic E-state index is 0.145. The summed E-state index contributed by atoms with van der Waals surface area (Å²) in [6.07, 6.45) is 1.75. The molecule has 0 aliphatic rings. The van der Waals surface area contributed by atoms with Gasteiger partial charge in [0.2, 0.25) is 5.91 Å². The van der Waals surface area contributed by atoms with E-state index >= 15 is 0 Å². The first-order valence-corrected chi connectivity index (χ1v) is 10.3. The van der Waals surface area contributed by atoms with Crippen molar-refractivity contribution in [3.63, 3.8) is 0 Å². The van der Waals surface area contributed by atoms with Crippen LogP contribution < -0.4 is 10.6 Å². The van der Waals surface area contributed by atoms with Gasteiger partial charge >= 0.3 is 0 Å². The molecule has 4 rings (SSSR count). The number of hydrogen-bond donors (Lipinski definition) is 2. The molecule has 3 aromatic carbocycles. The Labute approximate surface area is 186 Å². The van der Waals surface area contributed by atoms with Gasteiger partial charge in [-0.3, -0.25) is 9.59 Å². The van der Waals surface area contributed by atoms with Crippen molar-refractivity contribution in [3.05, 3.63) is 95.7 Å². The Morgan fingerprint density at radius 3 is 2.09 bits per heavy atom. The maximum Gasteiger partial charge on any atom is 0.259 e. The van der Waals surface area contributed by atoms with Crippen LogP contribution in [-0.4, -0.2) is 21.6 Å². The van der Waals surface area contributed by atoms with Gasteiger partial charge in [-0.2, -0.15) is 5.10 Å². The smallest absolute Gasteiger partial charge is 0.259 e. The van der Waals surface area contributed by atoms with Crippen molar-refractivity contribution in [2.24, 2.45) is 0 Å². The first-order valence-electron chi connectivity index (χ1n) is 10.3. The van der Waals surface area contributed by atoms with E-state index in [0.717, 1.165) is 16.8 Å². The topological polar surface area (TPSA) is 76.0 Å². The number of nitrogens with one attached hydrogen (secondary N) is 2. The molecule has 32 heavy (non-hydrogen) atoms. The maximum atomic E-state index is 13.2. The molecular formula is C26H24N4O2. The van der Waals surface area contributed by atoms with Gasteiger partial charge in [0.25, 0.3) is 5.91 Å². The molecule has 0 saturated heterocycles. The van der Waals surface area contributed by atoms with E-state index in [-0.39, 0.29) is 11.8 Å². The van der Waals surface area contributed by atoms with Crippen LogP contribution in [0, 0.1) is 13.8 Å². The third-order valence-corrected chi connectivity index (χ3v) is 5.22. The van der Waals surface area contributed by atoms with Gasteiger partial charge in [0, 0.05) is 30.1 Å². The second-order valence-electron chi connectivity index (χ2n) is 7.68. The van der Waals surface area contributed by atoms with Crippen LogP contribution in [-0.2, 0) is 4.79 Å². The third-order valence-electron chi connectivity index (χ3n) is 5.22. The van der Waals surface area contributed by atoms with Gasteiger partial charge in [-0.1, -0.05) is 30.3 Å². The fourth-order valence-electron chi connectivity index (χ4n) is 3.39. The summed E-state index contributed by atoms with van der Waals surface area (Å²) in [6, 6.07) is 22.8. The number of aromatic nitrogens is 2. The van der Waals surface area contributed by atoms with E-state index in [2.05, 4.69) is 17.6 Å². The summed E-state index contributed by atoms with van der Waals surface area (Å²) in [6.45, 7) is 5.55. The van der Waals surface area contributed by atoms with E-state index in [1.165, 1.54) is 12.5 Å². The zero-order valence-electron chi connectivity index (χ0n) is 18.2. The molecule has 0 fully saturated rings. The summed E-state index contributed by atoms with van der Waals surface area (Å²) in [4.78, 5) is 24.4. The van der Waals surface area contributed by atoms with Crippen LogP contribution in [0.1, 0.15) is 28.4 Å². The largest absolute Gasteiger partial charge is 0.326 e. The molecule has 1 heterocycles. The van der Waals surface area contributed by atoms with E-state index in [0.29, 0.717) is 22.6 Å². The Morgan fingerprint density at radius 1 is 0.812 bits per heavy atom. The monoisotopic (exact) mass is 424 g/mol. The van der Waals surface area contributed by atoms with Gasteiger partial charge < -0.3 is 10.6 Å². The van der Waals surface area contributed by atoms with E-state index in [1.54, 1.807) is 35.1 Å². The minimum atomic E-state index is -0.257. The zero-order chi connectivity index (χ0) is 22.7. The van der Waals surface area contributed by atoms with Crippen molar-refractivity contribution in [3.8, 4) is 16.9 Å². The molecule has 0 aliphatic carbocycles. The summed E-state index contributed by atoms with van der Waals surface area (Å²) < 4.78 is 1.72. The van der Waals surface area contributed by atoms with Crippen LogP contribution >= 0.6 is 0 Å². The normalized spacial score (nSPS) is 10.6. The average molecular weight is 425 g/mol. The summed E-state index contributed by atoms with van der Waals surface area (Å²) in [5.41, 5.74) is 6.46. The summed E-state index contributed by atoms with van der Waals surface area (Å²) in [7, 11) is 0. The summed E-state index contributed by atoms with van der Waals surface area (Å²) in [5, 5.41) is 10.4. The van der Waals surface area contributed by atoms with Crippen LogP contribution in [0.4, 0.5) is 11.4 Å². The third kappa shape index (κ3) is 4.59. The van der Waals surface area contributed by atoms with E-state index in [1.807, 2.05) is 55.5 Å². The van der Waals surface area contributed by atoms with E-state index in [9.17, 15) is 9.59 Å². The Hall–Kier alpha value is -4.19. The first kappa shape index (κ1) is 21.1. The number of hydrogen-bond acceptors (Lipinski definition) is 3. The predicted molar refractivity (Wildman–Crippen MR) is 127 cm³/mol. The highest BCUT2D eigenvalue weighted by Gasteiger charge is 2.19. The van der Waals surface area contributed by atoms with Gasteiger partial charge in [-0.25, -0.2) is 4.68 Å². The Balaban J connectivity index is 1.69. The molecule has 6 nitrogen and oxygen atoms in total. The Morgan fingerprint density at radius 2 is 1.47 bits per heavy atom. The quantitative estimate of drug-likeness (QED) is 0.452. The van der Waals surface area contributed by atoms with Crippen LogP contribution in [0.25, 0.3) is 16.9 Å². The maximum absolute atomic E-state index is 13.2. The SMILES string of the molecule is CC(=O)Nc1ccc(NC(=O)c2cn(-c3ccccc3)nc2-c2ccc(C)c(C)c2)cc1. The van der Waals surface area contributed by atoms with Crippen LogP contribution in [0.15, 0.2) is 79.0 Å². The molecule has 6 heteroatoms. The first-order chi connectivity index (χ1) is 15.4. The fourth-order valence-corrected chi connectivity index (χ4v) is 3.39. The van der Waals surface area contributed by atoms with E-state index in [4.69, 9.17) is 5.10 Å². The molecule has 0 atom stereocenters. The lowest BCUT2D eigenvalue weighted by Crippen LogP contribution is -2.12. The Bertz CT molecular complexity index is 1280. The number of anilines is 2. The van der Waals surface area contributed by atoms with Gasteiger partial charge in [0.05, 0.1) is 11.3 Å². The number of aryl methyl sites for hydroxylation is 2. The molecule has 0 spiro atoms. The van der Waals surface area contributed by atoms with Crippen molar-refractivity contribution in [2.45, 2.75) is 20.8 Å². The van der Waals surface area contributed by atoms with Gasteiger partial charge in [-0.05, 0) is 67.4 Å². The number of nitrogens with zero attached hydrogens (tertiary/aromatic N) is 2. The molecule has 160 valence electrons. The molecule has 2 amide bonds. The Kier molecular flexibility index (Phi) is 5.85. The summed E-state index contributed by atoms with van der Waals surface area (Å²) >= 11 is 0. The van der Waals surface area contributed by atoms with Crippen molar-refractivity contribution < 1.29 is 9.59 Å². The highest BCUT2D eigenvalue weighted by molar-refractivity contribution is 6.08. The molecule has 0 bridgehead atoms. The van der Waals surface area contributed by atoms with E-state index < -0.39 is 0 Å². The van der Waals surface area contributed by atoms with Crippen LogP contribution in [0.5, 0.6) is 0 Å². The summed E-state index contributed by atoms with van der Waals surface area (Å²) in [5.74, 6) is -0.402. The number of amides is 2. The molecule has 2 N–H and O–H groups in total. The molecule has 0 unspecified atom stereocenters. The molecule has 0 saturated carbocycles. The minimum Gasteiger partial charge on any atom is -0.326 e. The highest BCUT2D eigenvalue weighted by Crippen LogP contribution is 2.27. The van der Waals surface area contributed by atoms with Crippen molar-refractivity contribution in [2.75, 3.05) is 10.6 Å². The lowest BCUT2D eigenvalue weighted by molar-refractivity contribution is -0.114. The van der Waals surface area contributed by atoms with Gasteiger partial charge in [0.15, 0.2) is 0 Å². The predicted octanol–water partition coefficient (Wildman–Crippen LogP) is 5.37. The number of carbonyl (C=O) groups excluding carboxylic acids is 2. The number of para-hydroxylation sites is 1. The number of rotatable bonds is 5. The van der Waals surface area contributed by atoms with Crippen LogP contribution in [0.3, 0.4) is 0 Å². The van der Waals surface area contributed by atoms with Crippen molar-refractivity contribution in [1.82, 2.24) is 9.78 Å². The number of benzene rings is 3. The van der Waals surface area contributed by atoms with Crippen molar-refractivity contribution >= 4 is 23.2 Å². The second kappa shape index (κ2) is 8.89. The standard InChI is InChI=1S/C26H24N4O2/c1-17-9-10-20(15-18(17)2)25-24(16-30(29-25)23-7-5-4-6-8-23)26(32)28-22-13-11-21(12-14-22)27-19(3)31/h4-16H,1-3H3,(H,27,31)(H,28,32). The van der Waals surface area contributed by atoms with Gasteiger partial charge in [-0.15, -0.1) is 0 Å². The molecule has 0 radical (unpaired) electrons. The van der Waals surface area contributed by atoms with Crippen LogP contribution in [0.2, 0.25) is 0 Å². The highest BCUT2D eigenvalue weighted by atomic mass is 16.2. The van der Waals surface area contributed by atoms with Gasteiger partial charge in [0.1, 0.15) is 5.69 Å². The fraction of sp³-hybridized carbons (Fsp3) is 0.115. The molecular weight excluding hydrogens is 400 g/mol. The lowest BCUT2D eigenvalue weighted by Gasteiger charge is -2.08.